The Bertz CT molecular complexity index is 1020. The Labute approximate surface area is 253 Å². The van der Waals surface area contributed by atoms with E-state index in [1.165, 1.54) is 12.8 Å². The summed E-state index contributed by atoms with van der Waals surface area (Å²) in [7, 11) is 0.659. The van der Waals surface area contributed by atoms with E-state index in [2.05, 4.69) is 58.9 Å². The summed E-state index contributed by atoms with van der Waals surface area (Å²) in [5.41, 5.74) is 0.0858. The molecule has 11 nitrogen and oxygen atoms in total. The summed E-state index contributed by atoms with van der Waals surface area (Å²) in [5, 5.41) is 3.38. The fourth-order valence-electron chi connectivity index (χ4n) is 7.38. The quantitative estimate of drug-likeness (QED) is 0.415. The van der Waals surface area contributed by atoms with Gasteiger partial charge in [-0.05, 0) is 58.5 Å². The molecule has 2 spiro atoms. The van der Waals surface area contributed by atoms with Gasteiger partial charge in [-0.1, -0.05) is 34.1 Å². The number of rotatable bonds is 7. The van der Waals surface area contributed by atoms with Crippen LogP contribution in [0, 0.1) is 17.3 Å². The zero-order valence-corrected chi connectivity index (χ0v) is 27.9. The maximum absolute atomic E-state index is 14.0. The van der Waals surface area contributed by atoms with Gasteiger partial charge in [-0.3, -0.25) is 14.1 Å². The SMILES string of the molecule is CC(C)C[C@@H]1NCCN([C@@H](CC(C)C)C(=O)N2CCC3(C[C@@H]2C)OCC2(CCCC2N(C)C)CO3)C1=O.CS(=O)(=O)O. The molecule has 244 valence electrons. The topological polar surface area (TPSA) is 129 Å². The maximum Gasteiger partial charge on any atom is 0.261 e. The zero-order chi connectivity index (χ0) is 31.5. The number of amides is 2. The fraction of sp³-hybridized carbons (Fsp3) is 0.933. The summed E-state index contributed by atoms with van der Waals surface area (Å²) in [4.78, 5) is 33.7. The van der Waals surface area contributed by atoms with Crippen LogP contribution in [0.5, 0.6) is 0 Å². The van der Waals surface area contributed by atoms with Crippen molar-refractivity contribution < 1.29 is 32.0 Å². The molecule has 4 atom stereocenters. The van der Waals surface area contributed by atoms with E-state index >= 15 is 0 Å². The van der Waals surface area contributed by atoms with Gasteiger partial charge in [-0.15, -0.1) is 0 Å². The highest BCUT2D eigenvalue weighted by Gasteiger charge is 2.54. The van der Waals surface area contributed by atoms with E-state index in [9.17, 15) is 18.0 Å². The monoisotopic (exact) mass is 616 g/mol. The Kier molecular flexibility index (Phi) is 11.9. The van der Waals surface area contributed by atoms with Crippen LogP contribution in [0.15, 0.2) is 0 Å². The summed E-state index contributed by atoms with van der Waals surface area (Å²) < 4.78 is 39.0. The molecule has 1 unspecified atom stereocenters. The molecule has 0 aromatic rings. The molecule has 0 aromatic carbocycles. The van der Waals surface area contributed by atoms with Crippen molar-refractivity contribution in [3.05, 3.63) is 0 Å². The number of hydrogen-bond acceptors (Lipinski definition) is 8. The maximum atomic E-state index is 14.0. The number of piperazine rings is 1. The Morgan fingerprint density at radius 3 is 2.26 bits per heavy atom. The lowest BCUT2D eigenvalue weighted by Gasteiger charge is -2.53. The average Bonchev–Trinajstić information content (AvgIpc) is 3.28. The Hall–Kier alpha value is -1.31. The van der Waals surface area contributed by atoms with Crippen molar-refractivity contribution in [1.82, 2.24) is 20.0 Å². The van der Waals surface area contributed by atoms with E-state index in [1.54, 1.807) is 0 Å². The van der Waals surface area contributed by atoms with Gasteiger partial charge >= 0.3 is 0 Å². The summed E-state index contributed by atoms with van der Waals surface area (Å²) >= 11 is 0. The molecular weight excluding hydrogens is 560 g/mol. The first kappa shape index (κ1) is 35.2. The fourth-order valence-corrected chi connectivity index (χ4v) is 7.38. The lowest BCUT2D eigenvalue weighted by Crippen LogP contribution is -2.64. The molecule has 1 aliphatic carbocycles. The lowest BCUT2D eigenvalue weighted by molar-refractivity contribution is -0.325. The average molecular weight is 617 g/mol. The summed E-state index contributed by atoms with van der Waals surface area (Å²) in [6.07, 6.45) is 7.15. The second-order valence-electron chi connectivity index (χ2n) is 14.1. The molecule has 2 amide bonds. The van der Waals surface area contributed by atoms with Crippen molar-refractivity contribution in [3.63, 3.8) is 0 Å². The van der Waals surface area contributed by atoms with Crippen LogP contribution < -0.4 is 5.32 Å². The Balaban J connectivity index is 0.000000892. The van der Waals surface area contributed by atoms with Gasteiger partial charge in [0.15, 0.2) is 5.79 Å². The van der Waals surface area contributed by atoms with Gasteiger partial charge < -0.3 is 29.5 Å². The van der Waals surface area contributed by atoms with Crippen molar-refractivity contribution in [3.8, 4) is 0 Å². The van der Waals surface area contributed by atoms with Crippen LogP contribution in [0.4, 0.5) is 0 Å². The molecule has 4 rings (SSSR count). The predicted octanol–water partition coefficient (Wildman–Crippen LogP) is 2.61. The summed E-state index contributed by atoms with van der Waals surface area (Å²) in [6, 6.07) is -0.104. The Morgan fingerprint density at radius 2 is 1.74 bits per heavy atom. The van der Waals surface area contributed by atoms with Crippen LogP contribution >= 0.6 is 0 Å². The highest BCUT2D eigenvalue weighted by Crippen LogP contribution is 2.47. The number of carbonyl (C=O) groups excluding carboxylic acids is 2. The standard InChI is InChI=1S/C29H52N4O4.CH4O3S/c1-20(2)15-23-26(34)33(14-12-30-23)24(16-21(3)4)27(35)32-13-11-29(17-22(32)5)36-18-28(19-37-29)10-8-9-25(28)31(6)7;1-5(2,3)4/h20-25,30H,8-19H2,1-7H3;1H3,(H,2,3,4)/t22-,23-,24-,25?,28?,29?;/m0./s1. The van der Waals surface area contributed by atoms with Gasteiger partial charge in [0, 0.05) is 50.0 Å². The molecule has 4 aliphatic rings. The van der Waals surface area contributed by atoms with Gasteiger partial charge in [0.05, 0.1) is 25.5 Å². The highest BCUT2D eigenvalue weighted by molar-refractivity contribution is 7.85. The van der Waals surface area contributed by atoms with Crippen LogP contribution in [0.1, 0.15) is 79.6 Å². The van der Waals surface area contributed by atoms with Crippen molar-refractivity contribution in [1.29, 1.82) is 0 Å². The molecule has 4 fully saturated rings. The molecule has 0 radical (unpaired) electrons. The molecule has 3 saturated heterocycles. The number of piperidine rings is 1. The van der Waals surface area contributed by atoms with E-state index in [-0.39, 0.29) is 29.3 Å². The van der Waals surface area contributed by atoms with Crippen molar-refractivity contribution in [2.75, 3.05) is 53.2 Å². The summed E-state index contributed by atoms with van der Waals surface area (Å²) in [6.45, 7) is 14.1. The number of nitrogens with zero attached hydrogens (tertiary/aromatic N) is 3. The molecule has 2 N–H and O–H groups in total. The van der Waals surface area contributed by atoms with E-state index < -0.39 is 21.9 Å². The minimum absolute atomic E-state index is 0.00247. The molecular formula is C30H56N4O7S. The third-order valence-corrected chi connectivity index (χ3v) is 9.27. The normalized spacial score (nSPS) is 33.0. The number of hydrogen-bond donors (Lipinski definition) is 2. The molecule has 12 heteroatoms. The molecule has 42 heavy (non-hydrogen) atoms. The van der Waals surface area contributed by atoms with Gasteiger partial charge in [0.25, 0.3) is 10.1 Å². The third kappa shape index (κ3) is 8.88. The summed E-state index contributed by atoms with van der Waals surface area (Å²) in [5.74, 6) is 0.318. The number of ether oxygens (including phenoxy) is 2. The van der Waals surface area contributed by atoms with Gasteiger partial charge in [0.1, 0.15) is 6.04 Å². The van der Waals surface area contributed by atoms with Crippen LogP contribution in [-0.4, -0.2) is 123 Å². The highest BCUT2D eigenvalue weighted by atomic mass is 32.2. The van der Waals surface area contributed by atoms with E-state index in [4.69, 9.17) is 14.0 Å². The lowest BCUT2D eigenvalue weighted by atomic mass is 9.81. The number of likely N-dealkylation sites (tertiary alicyclic amines) is 1. The third-order valence-electron chi connectivity index (χ3n) is 9.27. The zero-order valence-electron chi connectivity index (χ0n) is 27.1. The van der Waals surface area contributed by atoms with Crippen LogP contribution in [0.25, 0.3) is 0 Å². The van der Waals surface area contributed by atoms with Gasteiger partial charge in [-0.25, -0.2) is 0 Å². The Morgan fingerprint density at radius 1 is 1.12 bits per heavy atom. The molecule has 0 aromatic heterocycles. The van der Waals surface area contributed by atoms with Crippen LogP contribution in [0.2, 0.25) is 0 Å². The first-order valence-corrected chi connectivity index (χ1v) is 17.5. The van der Waals surface area contributed by atoms with Gasteiger partial charge in [0.2, 0.25) is 11.8 Å². The van der Waals surface area contributed by atoms with Crippen molar-refractivity contribution in [2.24, 2.45) is 17.3 Å². The van der Waals surface area contributed by atoms with Crippen molar-refractivity contribution in [2.45, 2.75) is 110 Å². The van der Waals surface area contributed by atoms with E-state index in [0.29, 0.717) is 56.5 Å². The molecule has 1 saturated carbocycles. The smallest absolute Gasteiger partial charge is 0.261 e. The largest absolute Gasteiger partial charge is 0.349 e. The number of carbonyl (C=O) groups is 2. The first-order chi connectivity index (χ1) is 19.5. The minimum atomic E-state index is -3.67. The second-order valence-corrected chi connectivity index (χ2v) is 15.6. The molecule has 3 aliphatic heterocycles. The first-order valence-electron chi connectivity index (χ1n) is 15.7. The predicted molar refractivity (Wildman–Crippen MR) is 162 cm³/mol. The molecule has 3 heterocycles. The minimum Gasteiger partial charge on any atom is -0.349 e. The van der Waals surface area contributed by atoms with E-state index in [1.807, 2.05) is 9.80 Å². The van der Waals surface area contributed by atoms with Gasteiger partial charge in [-0.2, -0.15) is 8.42 Å². The van der Waals surface area contributed by atoms with Crippen LogP contribution in [0.3, 0.4) is 0 Å². The number of nitrogens with one attached hydrogen (secondary N) is 1. The second kappa shape index (κ2) is 14.2. The van der Waals surface area contributed by atoms with Crippen LogP contribution in [-0.2, 0) is 29.2 Å². The molecule has 0 bridgehead atoms. The van der Waals surface area contributed by atoms with E-state index in [0.717, 1.165) is 32.6 Å². The van der Waals surface area contributed by atoms with Crippen molar-refractivity contribution >= 4 is 21.9 Å².